The predicted molar refractivity (Wildman–Crippen MR) is 102 cm³/mol. The summed E-state index contributed by atoms with van der Waals surface area (Å²) in [7, 11) is -3.32. The average Bonchev–Trinajstić information content (AvgIpc) is 2.95. The van der Waals surface area contributed by atoms with Crippen LogP contribution >= 0.6 is 0 Å². The van der Waals surface area contributed by atoms with E-state index in [4.69, 9.17) is 4.74 Å². The van der Waals surface area contributed by atoms with Crippen molar-refractivity contribution in [3.8, 4) is 0 Å². The number of ether oxygens (including phenoxy) is 1. The second-order valence-electron chi connectivity index (χ2n) is 6.64. The fourth-order valence-electron chi connectivity index (χ4n) is 3.27. The Morgan fingerprint density at radius 2 is 1.44 bits per heavy atom. The molecular weight excluding hydrogens is 367 g/mol. The zero-order valence-corrected chi connectivity index (χ0v) is 16.3. The standard InChI is InChI=1S/C21H21FO4S/c1-4-21(5-2)20(23)18(14-6-10-16(22)11-7-14)19(26-21)15-8-12-17(13-9-15)27(3,24)25/h6-13H,4-5H2,1-3H3. The van der Waals surface area contributed by atoms with Crippen LogP contribution in [0.15, 0.2) is 53.4 Å². The Bertz CT molecular complexity index is 999. The molecule has 142 valence electrons. The molecule has 0 saturated carbocycles. The summed E-state index contributed by atoms with van der Waals surface area (Å²) in [6.07, 6.45) is 2.13. The average molecular weight is 388 g/mol. The Hall–Kier alpha value is -2.47. The number of carbonyl (C=O) groups excluding carboxylic acids is 1. The maximum Gasteiger partial charge on any atom is 0.210 e. The number of ketones is 1. The molecule has 0 fully saturated rings. The van der Waals surface area contributed by atoms with Crippen molar-refractivity contribution in [2.45, 2.75) is 37.2 Å². The third kappa shape index (κ3) is 3.41. The van der Waals surface area contributed by atoms with Crippen molar-refractivity contribution in [3.63, 3.8) is 0 Å². The molecule has 2 aromatic carbocycles. The lowest BCUT2D eigenvalue weighted by molar-refractivity contribution is -0.128. The third-order valence-electron chi connectivity index (χ3n) is 4.99. The van der Waals surface area contributed by atoms with Gasteiger partial charge in [-0.25, -0.2) is 12.8 Å². The van der Waals surface area contributed by atoms with Gasteiger partial charge >= 0.3 is 0 Å². The van der Waals surface area contributed by atoms with Crippen LogP contribution in [0.1, 0.15) is 37.8 Å². The zero-order chi connectivity index (χ0) is 19.8. The van der Waals surface area contributed by atoms with Crippen LogP contribution in [-0.4, -0.2) is 26.1 Å². The minimum atomic E-state index is -3.32. The van der Waals surface area contributed by atoms with Crippen LogP contribution in [0.25, 0.3) is 11.3 Å². The second kappa shape index (κ2) is 6.93. The van der Waals surface area contributed by atoms with Gasteiger partial charge < -0.3 is 4.74 Å². The van der Waals surface area contributed by atoms with Gasteiger partial charge in [-0.15, -0.1) is 0 Å². The highest BCUT2D eigenvalue weighted by Gasteiger charge is 2.47. The minimum absolute atomic E-state index is 0.138. The van der Waals surface area contributed by atoms with E-state index in [0.29, 0.717) is 35.3 Å². The van der Waals surface area contributed by atoms with Crippen molar-refractivity contribution in [1.82, 2.24) is 0 Å². The SMILES string of the molecule is CCC1(CC)OC(c2ccc(S(C)(=O)=O)cc2)=C(c2ccc(F)cc2)C1=O. The van der Waals surface area contributed by atoms with E-state index < -0.39 is 15.4 Å². The number of carbonyl (C=O) groups is 1. The van der Waals surface area contributed by atoms with Gasteiger partial charge in [0.2, 0.25) is 5.78 Å². The molecule has 4 nitrogen and oxygen atoms in total. The quantitative estimate of drug-likeness (QED) is 0.768. The molecule has 0 N–H and O–H groups in total. The normalized spacial score (nSPS) is 16.5. The van der Waals surface area contributed by atoms with Crippen LogP contribution in [0.3, 0.4) is 0 Å². The highest BCUT2D eigenvalue weighted by Crippen LogP contribution is 2.44. The highest BCUT2D eigenvalue weighted by atomic mass is 32.2. The molecule has 0 atom stereocenters. The van der Waals surface area contributed by atoms with E-state index in [1.807, 2.05) is 13.8 Å². The lowest BCUT2D eigenvalue weighted by Gasteiger charge is -2.25. The third-order valence-corrected chi connectivity index (χ3v) is 6.11. The Morgan fingerprint density at radius 1 is 0.926 bits per heavy atom. The summed E-state index contributed by atoms with van der Waals surface area (Å²) in [6, 6.07) is 12.0. The first kappa shape index (κ1) is 19.3. The highest BCUT2D eigenvalue weighted by molar-refractivity contribution is 7.90. The van der Waals surface area contributed by atoms with Crippen molar-refractivity contribution in [2.75, 3.05) is 6.26 Å². The zero-order valence-electron chi connectivity index (χ0n) is 15.5. The predicted octanol–water partition coefficient (Wildman–Crippen LogP) is 4.26. The van der Waals surface area contributed by atoms with Gasteiger partial charge in [-0.3, -0.25) is 4.79 Å². The summed E-state index contributed by atoms with van der Waals surface area (Å²) in [4.78, 5) is 13.4. The van der Waals surface area contributed by atoms with Crippen molar-refractivity contribution in [2.24, 2.45) is 0 Å². The number of Topliss-reactive ketones (excluding diaryl/α,β-unsaturated/α-hetero) is 1. The lowest BCUT2D eigenvalue weighted by Crippen LogP contribution is -2.35. The molecule has 6 heteroatoms. The van der Waals surface area contributed by atoms with Gasteiger partial charge in [-0.1, -0.05) is 26.0 Å². The molecule has 27 heavy (non-hydrogen) atoms. The molecule has 0 aromatic heterocycles. The fraction of sp³-hybridized carbons (Fsp3) is 0.286. The molecule has 2 aromatic rings. The molecule has 0 saturated heterocycles. The smallest absolute Gasteiger partial charge is 0.210 e. The van der Waals surface area contributed by atoms with Gasteiger partial charge in [-0.2, -0.15) is 0 Å². The Balaban J connectivity index is 2.17. The molecule has 0 bridgehead atoms. The Morgan fingerprint density at radius 3 is 1.93 bits per heavy atom. The Kier molecular flexibility index (Phi) is 4.95. The maximum atomic E-state index is 13.3. The topological polar surface area (TPSA) is 60.4 Å². The number of rotatable bonds is 5. The molecular formula is C21H21FO4S. The van der Waals surface area contributed by atoms with E-state index in [9.17, 15) is 17.6 Å². The van der Waals surface area contributed by atoms with Crippen LogP contribution in [0, 0.1) is 5.82 Å². The molecule has 1 aliphatic rings. The summed E-state index contributed by atoms with van der Waals surface area (Å²) in [6.45, 7) is 3.78. The molecule has 0 unspecified atom stereocenters. The van der Waals surface area contributed by atoms with E-state index in [-0.39, 0.29) is 16.5 Å². The molecule has 0 amide bonds. The van der Waals surface area contributed by atoms with Gasteiger partial charge in [0.15, 0.2) is 15.4 Å². The molecule has 0 aliphatic carbocycles. The number of benzene rings is 2. The minimum Gasteiger partial charge on any atom is -0.478 e. The van der Waals surface area contributed by atoms with Crippen molar-refractivity contribution in [3.05, 3.63) is 65.5 Å². The summed E-state index contributed by atoms with van der Waals surface area (Å²) in [5, 5.41) is 0. The van der Waals surface area contributed by atoms with E-state index in [1.165, 1.54) is 24.3 Å². The molecule has 1 heterocycles. The first-order valence-corrected chi connectivity index (χ1v) is 10.7. The van der Waals surface area contributed by atoms with Crippen molar-refractivity contribution < 1.29 is 22.3 Å². The lowest BCUT2D eigenvalue weighted by atomic mass is 9.86. The van der Waals surface area contributed by atoms with Gasteiger partial charge in [-0.05, 0) is 54.8 Å². The van der Waals surface area contributed by atoms with Gasteiger partial charge in [0, 0.05) is 11.8 Å². The van der Waals surface area contributed by atoms with Crippen LogP contribution in [0.4, 0.5) is 4.39 Å². The molecule has 3 rings (SSSR count). The first-order chi connectivity index (χ1) is 12.7. The summed E-state index contributed by atoms with van der Waals surface area (Å²) < 4.78 is 42.9. The van der Waals surface area contributed by atoms with Crippen molar-refractivity contribution in [1.29, 1.82) is 0 Å². The summed E-state index contributed by atoms with van der Waals surface area (Å²) in [5.74, 6) is -0.126. The van der Waals surface area contributed by atoms with E-state index in [2.05, 4.69) is 0 Å². The fourth-order valence-corrected chi connectivity index (χ4v) is 3.91. The molecule has 0 spiro atoms. The van der Waals surface area contributed by atoms with Crippen LogP contribution in [0.2, 0.25) is 0 Å². The largest absolute Gasteiger partial charge is 0.478 e. The number of hydrogen-bond acceptors (Lipinski definition) is 4. The number of sulfone groups is 1. The summed E-state index contributed by atoms with van der Waals surface area (Å²) >= 11 is 0. The Labute approximate surface area is 158 Å². The summed E-state index contributed by atoms with van der Waals surface area (Å²) in [5.41, 5.74) is 0.617. The van der Waals surface area contributed by atoms with Crippen LogP contribution in [0.5, 0.6) is 0 Å². The van der Waals surface area contributed by atoms with Gasteiger partial charge in [0.25, 0.3) is 0 Å². The van der Waals surface area contributed by atoms with Crippen LogP contribution in [-0.2, 0) is 19.4 Å². The molecule has 0 radical (unpaired) electrons. The van der Waals surface area contributed by atoms with Crippen LogP contribution < -0.4 is 0 Å². The second-order valence-corrected chi connectivity index (χ2v) is 8.66. The number of halogens is 1. The van der Waals surface area contributed by atoms with Gasteiger partial charge in [0.05, 0.1) is 10.5 Å². The van der Waals surface area contributed by atoms with E-state index in [1.54, 1.807) is 24.3 Å². The molecule has 1 aliphatic heterocycles. The van der Waals surface area contributed by atoms with E-state index in [0.717, 1.165) is 6.26 Å². The maximum absolute atomic E-state index is 13.3. The van der Waals surface area contributed by atoms with E-state index >= 15 is 0 Å². The first-order valence-electron chi connectivity index (χ1n) is 8.76. The number of hydrogen-bond donors (Lipinski definition) is 0. The monoisotopic (exact) mass is 388 g/mol. The van der Waals surface area contributed by atoms with Crippen molar-refractivity contribution >= 4 is 27.0 Å². The van der Waals surface area contributed by atoms with Gasteiger partial charge in [0.1, 0.15) is 11.6 Å².